The van der Waals surface area contributed by atoms with E-state index in [2.05, 4.69) is 20.7 Å². The predicted molar refractivity (Wildman–Crippen MR) is 267 cm³/mol. The van der Waals surface area contributed by atoms with Crippen molar-refractivity contribution in [3.05, 3.63) is 179 Å². The molecule has 18 heteroatoms. The predicted octanol–water partition coefficient (Wildman–Crippen LogP) is 5.70. The van der Waals surface area contributed by atoms with E-state index in [4.69, 9.17) is 21.1 Å². The molecule has 0 aliphatic carbocycles. The number of hydrogen-bond acceptors (Lipinski definition) is 12. The zero-order chi connectivity index (χ0) is 51.3. The Morgan fingerprint density at radius 3 is 1.20 bits per heavy atom. The number of phenols is 5. The third-order valence-corrected chi connectivity index (χ3v) is 11.5. The van der Waals surface area contributed by atoms with Gasteiger partial charge in [0.2, 0.25) is 15.9 Å². The van der Waals surface area contributed by atoms with E-state index in [9.17, 15) is 43.2 Å². The number of aliphatic carboxylic acids is 1. The van der Waals surface area contributed by atoms with Crippen molar-refractivity contribution in [2.75, 3.05) is 32.7 Å². The molecule has 1 unspecified atom stereocenters. The minimum atomic E-state index is -3.45. The summed E-state index contributed by atoms with van der Waals surface area (Å²) in [6.45, 7) is 3.97. The van der Waals surface area contributed by atoms with Crippen molar-refractivity contribution in [1.82, 2.24) is 20.7 Å². The fourth-order valence-electron chi connectivity index (χ4n) is 5.97. The van der Waals surface area contributed by atoms with E-state index in [0.29, 0.717) is 51.9 Å². The van der Waals surface area contributed by atoms with Crippen LogP contribution in [0, 0.1) is 6.92 Å². The first kappa shape index (κ1) is 56.7. The highest BCUT2D eigenvalue weighted by Crippen LogP contribution is 2.16. The first-order chi connectivity index (χ1) is 33.4. The maximum atomic E-state index is 12.0. The average Bonchev–Trinajstić information content (AvgIpc) is 3.34. The zero-order valence-electron chi connectivity index (χ0n) is 38.9. The molecule has 374 valence electrons. The fraction of sp³-hybridized carbons (Fsp3) is 0.250. The van der Waals surface area contributed by atoms with Crippen LogP contribution in [0.15, 0.2) is 150 Å². The van der Waals surface area contributed by atoms with Crippen molar-refractivity contribution in [2.24, 2.45) is 5.73 Å². The fourth-order valence-corrected chi connectivity index (χ4v) is 7.00. The monoisotopic (exact) mass is 981 g/mol. The zero-order valence-corrected chi connectivity index (χ0v) is 39.7. The number of phenolic OH excluding ortho intramolecular Hbond substituents is 5. The molecule has 0 spiro atoms. The number of nitrogens with two attached hydrogens (primary N) is 1. The molecule has 0 saturated carbocycles. The Morgan fingerprint density at radius 1 is 0.500 bits per heavy atom. The highest BCUT2D eigenvalue weighted by Gasteiger charge is 2.13. The molecule has 70 heavy (non-hydrogen) atoms. The molecule has 0 aliphatic heterocycles. The van der Waals surface area contributed by atoms with Crippen LogP contribution < -0.4 is 26.4 Å². The number of aromatic hydroxyl groups is 5. The van der Waals surface area contributed by atoms with Crippen molar-refractivity contribution >= 4 is 27.9 Å². The number of benzene rings is 6. The highest BCUT2D eigenvalue weighted by molar-refractivity contribution is 7.89. The van der Waals surface area contributed by atoms with Crippen LogP contribution in [-0.4, -0.2) is 94.8 Å². The smallest absolute Gasteiger partial charge is 0.314 e. The molecule has 6 rings (SSSR count). The van der Waals surface area contributed by atoms with Crippen molar-refractivity contribution < 1.29 is 58.5 Å². The van der Waals surface area contributed by atoms with Gasteiger partial charge in [0.25, 0.3) is 0 Å². The number of urea groups is 1. The van der Waals surface area contributed by atoms with Crippen LogP contribution in [0.3, 0.4) is 0 Å². The summed E-state index contributed by atoms with van der Waals surface area (Å²) >= 11 is 0. The van der Waals surface area contributed by atoms with Gasteiger partial charge in [0.05, 0.1) is 17.4 Å². The number of aliphatic hydroxyl groups excluding tert-OH is 1. The summed E-state index contributed by atoms with van der Waals surface area (Å²) in [6, 6.07) is 40.2. The van der Waals surface area contributed by atoms with Crippen LogP contribution in [0.1, 0.15) is 52.3 Å². The third-order valence-electron chi connectivity index (χ3n) is 9.98. The summed E-state index contributed by atoms with van der Waals surface area (Å²) in [6.07, 6.45) is 1.88. The number of carbonyl (C=O) groups is 3. The minimum absolute atomic E-state index is 0.00487. The van der Waals surface area contributed by atoms with Crippen LogP contribution >= 0.6 is 0 Å². The van der Waals surface area contributed by atoms with Crippen LogP contribution in [0.25, 0.3) is 0 Å². The lowest BCUT2D eigenvalue weighted by atomic mass is 10.1. The molecule has 17 nitrogen and oxygen atoms in total. The van der Waals surface area contributed by atoms with E-state index in [1.165, 1.54) is 12.1 Å². The lowest BCUT2D eigenvalue weighted by molar-refractivity contribution is -0.138. The average molecular weight is 982 g/mol. The Labute approximate surface area is 408 Å². The number of amides is 3. The maximum absolute atomic E-state index is 12.0. The molecule has 6 aromatic rings. The number of carboxylic acid groups (broad SMARTS) is 1. The molecular weight excluding hydrogens is 919 g/mol. The van der Waals surface area contributed by atoms with Gasteiger partial charge < -0.3 is 57.4 Å². The number of aliphatic hydroxyl groups is 1. The minimum Gasteiger partial charge on any atom is -0.508 e. The molecule has 0 saturated heterocycles. The number of rotatable bonds is 19. The van der Waals surface area contributed by atoms with Gasteiger partial charge in [-0.25, -0.2) is 17.9 Å². The normalized spacial score (nSPS) is 10.9. The maximum Gasteiger partial charge on any atom is 0.314 e. The van der Waals surface area contributed by atoms with Crippen LogP contribution in [0.2, 0.25) is 0 Å². The Morgan fingerprint density at radius 2 is 0.843 bits per heavy atom. The van der Waals surface area contributed by atoms with Gasteiger partial charge in [0.15, 0.2) is 0 Å². The number of hydrogen-bond donors (Lipinski definition) is 12. The van der Waals surface area contributed by atoms with Gasteiger partial charge in [0, 0.05) is 39.1 Å². The molecule has 1 atom stereocenters. The largest absolute Gasteiger partial charge is 0.508 e. The molecule has 0 heterocycles. The summed E-state index contributed by atoms with van der Waals surface area (Å²) in [4.78, 5) is 33.3. The molecule has 0 aliphatic rings. The van der Waals surface area contributed by atoms with Crippen molar-refractivity contribution in [2.45, 2.75) is 56.4 Å². The van der Waals surface area contributed by atoms with E-state index in [1.807, 2.05) is 31.2 Å². The second-order valence-electron chi connectivity index (χ2n) is 15.6. The van der Waals surface area contributed by atoms with E-state index in [-0.39, 0.29) is 65.0 Å². The van der Waals surface area contributed by atoms with Gasteiger partial charge in [-0.15, -0.1) is 0 Å². The van der Waals surface area contributed by atoms with E-state index < -0.39 is 22.1 Å². The Balaban J connectivity index is 0.000000253. The molecule has 0 fully saturated rings. The van der Waals surface area contributed by atoms with Crippen LogP contribution in [0.5, 0.6) is 28.7 Å². The molecular formula is C52H63N5O12S. The van der Waals surface area contributed by atoms with Crippen molar-refractivity contribution in [1.29, 1.82) is 0 Å². The first-order valence-corrected chi connectivity index (χ1v) is 23.8. The summed E-state index contributed by atoms with van der Waals surface area (Å²) < 4.78 is 26.6. The Bertz CT molecular complexity index is 2510. The van der Waals surface area contributed by atoms with Crippen LogP contribution in [-0.2, 0) is 45.3 Å². The Kier molecular flexibility index (Phi) is 24.8. The van der Waals surface area contributed by atoms with Gasteiger partial charge >= 0.3 is 12.0 Å². The highest BCUT2D eigenvalue weighted by atomic mass is 32.2. The van der Waals surface area contributed by atoms with Crippen molar-refractivity contribution in [3.63, 3.8) is 0 Å². The van der Waals surface area contributed by atoms with Crippen LogP contribution in [0.4, 0.5) is 4.79 Å². The van der Waals surface area contributed by atoms with Gasteiger partial charge in [-0.05, 0) is 133 Å². The second kappa shape index (κ2) is 30.7. The molecule has 0 aromatic heterocycles. The van der Waals surface area contributed by atoms with E-state index in [1.54, 1.807) is 109 Å². The first-order valence-electron chi connectivity index (χ1n) is 22.3. The summed E-state index contributed by atoms with van der Waals surface area (Å²) in [5.41, 5.74) is 11.1. The Hall–Kier alpha value is -7.64. The quantitative estimate of drug-likeness (QED) is 0.0464. The lowest BCUT2D eigenvalue weighted by Gasteiger charge is -2.08. The number of nitrogens with one attached hydrogen (secondary N) is 4. The number of carboxylic acids is 1. The number of sulfonamides is 1. The SMILES string of the molecule is Cc1ccc(S(=O)(=O)NCCc2ccc(O)cc2)cc1.NCC(O)c1ccc(O)cc1.O=C(NCCc1ccc(O)cc1)NCCc1ccc(O)cc1.O=C(O)CCC(=O)NCCc1ccc(O)cc1. The standard InChI is InChI=1S/C17H20N2O3.C15H17NO3S.C12H15NO4.C8H11NO2/c20-15-5-1-13(2-6-15)9-11-18-17(22)19-12-10-14-3-7-16(21)8-4-14;1-12-2-8-15(9-3-12)20(18,19)16-11-10-13-4-6-14(17)7-5-13;14-10-3-1-9(2-4-10)7-8-13-11(15)5-6-12(16)17;9-5-8(11)6-1-3-7(10)4-2-6/h1-8,20-21H,9-12H2,(H2,18,19,22);2-9,16-17H,10-11H2,1H3;1-4,14H,5-8H2,(H,13,15)(H,16,17);1-4,8,10-11H,5,9H2. The number of aryl methyl sites for hydroxylation is 1. The summed E-state index contributed by atoms with van der Waals surface area (Å²) in [7, 11) is -3.45. The van der Waals surface area contributed by atoms with Gasteiger partial charge in [-0.1, -0.05) is 78.4 Å². The molecule has 13 N–H and O–H groups in total. The lowest BCUT2D eigenvalue weighted by Crippen LogP contribution is -2.37. The topological polar surface area (TPSA) is 301 Å². The molecule has 0 bridgehead atoms. The second-order valence-corrected chi connectivity index (χ2v) is 17.4. The molecule has 6 aromatic carbocycles. The van der Waals surface area contributed by atoms with Crippen molar-refractivity contribution in [3.8, 4) is 28.7 Å². The summed E-state index contributed by atoms with van der Waals surface area (Å²) in [5, 5.41) is 71.3. The molecule has 0 radical (unpaired) electrons. The van der Waals surface area contributed by atoms with Gasteiger partial charge in [-0.2, -0.15) is 0 Å². The van der Waals surface area contributed by atoms with E-state index in [0.717, 1.165) is 33.4 Å². The van der Waals surface area contributed by atoms with E-state index >= 15 is 0 Å². The summed E-state index contributed by atoms with van der Waals surface area (Å²) in [5.74, 6) is -0.150. The van der Waals surface area contributed by atoms with Gasteiger partial charge in [-0.3, -0.25) is 9.59 Å². The molecule has 3 amide bonds. The van der Waals surface area contributed by atoms with Gasteiger partial charge in [0.1, 0.15) is 28.7 Å². The number of carbonyl (C=O) groups excluding carboxylic acids is 2. The third kappa shape index (κ3) is 23.9.